The van der Waals surface area contributed by atoms with E-state index in [1.165, 1.54) is 26.2 Å². The Kier molecular flexibility index (Phi) is 7.22. The monoisotopic (exact) mass is 433 g/mol. The molecule has 0 unspecified atom stereocenters. The van der Waals surface area contributed by atoms with Gasteiger partial charge in [0, 0.05) is 5.56 Å². The molecule has 3 N–H and O–H groups in total. The standard InChI is InChI=1S/C21H27N3O5S/c1-12-11-13(2)15(4)19(14(12)3)30(27,28)24-16(5)20(25)22-23-21(26)17-7-9-18(29-6)10-8-17/h7-11,16,24H,1-6H3,(H,22,25)(H,23,26)/t16-/m0/s1. The Morgan fingerprint density at radius 1 is 0.933 bits per heavy atom. The largest absolute Gasteiger partial charge is 0.497 e. The first-order valence-electron chi connectivity index (χ1n) is 9.32. The van der Waals surface area contributed by atoms with Crippen molar-refractivity contribution in [3.05, 3.63) is 58.1 Å². The van der Waals surface area contributed by atoms with Gasteiger partial charge < -0.3 is 4.74 Å². The molecule has 2 rings (SSSR count). The van der Waals surface area contributed by atoms with Crippen LogP contribution in [0.15, 0.2) is 35.2 Å². The number of rotatable bonds is 6. The van der Waals surface area contributed by atoms with Gasteiger partial charge in [0.25, 0.3) is 11.8 Å². The first-order valence-corrected chi connectivity index (χ1v) is 10.8. The zero-order valence-corrected chi connectivity index (χ0v) is 18.7. The zero-order chi connectivity index (χ0) is 22.6. The van der Waals surface area contributed by atoms with Crippen LogP contribution in [0.25, 0.3) is 0 Å². The highest BCUT2D eigenvalue weighted by Crippen LogP contribution is 2.26. The van der Waals surface area contributed by atoms with E-state index in [2.05, 4.69) is 15.6 Å². The number of aryl methyl sites for hydroxylation is 2. The molecule has 2 aromatic carbocycles. The maximum Gasteiger partial charge on any atom is 0.269 e. The lowest BCUT2D eigenvalue weighted by Crippen LogP contribution is -2.51. The second kappa shape index (κ2) is 9.27. The molecule has 0 spiro atoms. The van der Waals surface area contributed by atoms with Gasteiger partial charge in [0.2, 0.25) is 10.0 Å². The Labute approximate surface area is 177 Å². The number of sulfonamides is 1. The summed E-state index contributed by atoms with van der Waals surface area (Å²) >= 11 is 0. The van der Waals surface area contributed by atoms with E-state index in [1.54, 1.807) is 26.0 Å². The molecule has 162 valence electrons. The number of carbonyl (C=O) groups is 2. The number of amides is 2. The minimum atomic E-state index is -3.95. The summed E-state index contributed by atoms with van der Waals surface area (Å²) in [5.41, 5.74) is 7.78. The van der Waals surface area contributed by atoms with E-state index in [4.69, 9.17) is 4.74 Å². The molecule has 0 saturated carbocycles. The number of hydrazine groups is 1. The Morgan fingerprint density at radius 2 is 1.47 bits per heavy atom. The van der Waals surface area contributed by atoms with E-state index in [0.29, 0.717) is 22.4 Å². The molecule has 2 amide bonds. The molecule has 2 aromatic rings. The van der Waals surface area contributed by atoms with E-state index >= 15 is 0 Å². The molecule has 0 saturated heterocycles. The summed E-state index contributed by atoms with van der Waals surface area (Å²) in [4.78, 5) is 24.6. The summed E-state index contributed by atoms with van der Waals surface area (Å²) in [5, 5.41) is 0. The van der Waals surface area contributed by atoms with E-state index in [0.717, 1.165) is 11.1 Å². The van der Waals surface area contributed by atoms with Crippen LogP contribution in [-0.4, -0.2) is 33.4 Å². The van der Waals surface area contributed by atoms with E-state index < -0.39 is 27.9 Å². The molecule has 9 heteroatoms. The second-order valence-corrected chi connectivity index (χ2v) is 8.76. The van der Waals surface area contributed by atoms with Crippen LogP contribution < -0.4 is 20.3 Å². The van der Waals surface area contributed by atoms with Crippen molar-refractivity contribution in [1.29, 1.82) is 0 Å². The molecular formula is C21H27N3O5S. The van der Waals surface area contributed by atoms with Crippen molar-refractivity contribution < 1.29 is 22.7 Å². The van der Waals surface area contributed by atoms with Crippen molar-refractivity contribution in [3.8, 4) is 5.75 Å². The Morgan fingerprint density at radius 3 is 1.97 bits per heavy atom. The highest BCUT2D eigenvalue weighted by atomic mass is 32.2. The van der Waals surface area contributed by atoms with E-state index in [-0.39, 0.29) is 4.90 Å². The van der Waals surface area contributed by atoms with E-state index in [1.807, 2.05) is 19.9 Å². The van der Waals surface area contributed by atoms with Crippen LogP contribution in [0.1, 0.15) is 39.5 Å². The van der Waals surface area contributed by atoms with Gasteiger partial charge >= 0.3 is 0 Å². The average molecular weight is 434 g/mol. The Balaban J connectivity index is 2.07. The molecule has 0 aromatic heterocycles. The van der Waals surface area contributed by atoms with Gasteiger partial charge in [-0.15, -0.1) is 0 Å². The lowest BCUT2D eigenvalue weighted by atomic mass is 10.0. The molecular weight excluding hydrogens is 406 g/mol. The zero-order valence-electron chi connectivity index (χ0n) is 17.9. The number of benzene rings is 2. The van der Waals surface area contributed by atoms with Crippen LogP contribution in [0.3, 0.4) is 0 Å². The van der Waals surface area contributed by atoms with Gasteiger partial charge in [-0.3, -0.25) is 20.4 Å². The van der Waals surface area contributed by atoms with Gasteiger partial charge in [0.1, 0.15) is 5.75 Å². The molecule has 8 nitrogen and oxygen atoms in total. The third-order valence-corrected chi connectivity index (χ3v) is 6.76. The van der Waals surface area contributed by atoms with Crippen LogP contribution >= 0.6 is 0 Å². The molecule has 0 heterocycles. The number of methoxy groups -OCH3 is 1. The number of nitrogens with one attached hydrogen (secondary N) is 3. The SMILES string of the molecule is COc1ccc(C(=O)NNC(=O)[C@H](C)NS(=O)(=O)c2c(C)c(C)cc(C)c2C)cc1. The summed E-state index contributed by atoms with van der Waals surface area (Å²) in [7, 11) is -2.43. The Hall–Kier alpha value is -2.91. The van der Waals surface area contributed by atoms with Crippen molar-refractivity contribution >= 4 is 21.8 Å². The summed E-state index contributed by atoms with van der Waals surface area (Å²) in [5.74, 6) is -0.641. The Bertz CT molecular complexity index is 1040. The normalized spacial score (nSPS) is 12.2. The average Bonchev–Trinajstić information content (AvgIpc) is 2.69. The smallest absolute Gasteiger partial charge is 0.269 e. The molecule has 1 atom stereocenters. The molecule has 0 aliphatic rings. The number of hydrogen-bond acceptors (Lipinski definition) is 5. The number of ether oxygens (including phenoxy) is 1. The lowest BCUT2D eigenvalue weighted by molar-refractivity contribution is -0.123. The summed E-state index contributed by atoms with van der Waals surface area (Å²) < 4.78 is 33.3. The van der Waals surface area contributed by atoms with Gasteiger partial charge in [0.15, 0.2) is 0 Å². The first kappa shape index (κ1) is 23.4. The predicted molar refractivity (Wildman–Crippen MR) is 114 cm³/mol. The van der Waals surface area contributed by atoms with Crippen molar-refractivity contribution in [2.45, 2.75) is 45.6 Å². The maximum absolute atomic E-state index is 12.9. The highest BCUT2D eigenvalue weighted by molar-refractivity contribution is 7.89. The first-order chi connectivity index (χ1) is 14.0. The minimum absolute atomic E-state index is 0.168. The molecule has 0 bridgehead atoms. The van der Waals surface area contributed by atoms with Crippen LogP contribution in [0, 0.1) is 27.7 Å². The number of carbonyl (C=O) groups excluding carboxylic acids is 2. The quantitative estimate of drug-likeness (QED) is 0.604. The lowest BCUT2D eigenvalue weighted by Gasteiger charge is -2.19. The highest BCUT2D eigenvalue weighted by Gasteiger charge is 2.26. The van der Waals surface area contributed by atoms with Crippen molar-refractivity contribution in [2.24, 2.45) is 0 Å². The van der Waals surface area contributed by atoms with Gasteiger partial charge in [-0.25, -0.2) is 8.42 Å². The van der Waals surface area contributed by atoms with Crippen molar-refractivity contribution in [3.63, 3.8) is 0 Å². The van der Waals surface area contributed by atoms with Crippen molar-refractivity contribution in [1.82, 2.24) is 15.6 Å². The molecule has 0 aliphatic heterocycles. The van der Waals surface area contributed by atoms with Gasteiger partial charge in [-0.05, 0) is 81.1 Å². The minimum Gasteiger partial charge on any atom is -0.497 e. The molecule has 30 heavy (non-hydrogen) atoms. The third kappa shape index (κ3) is 5.17. The fourth-order valence-electron chi connectivity index (χ4n) is 2.97. The molecule has 0 aliphatic carbocycles. The van der Waals surface area contributed by atoms with Crippen LogP contribution in [0.4, 0.5) is 0 Å². The second-order valence-electron chi connectivity index (χ2n) is 7.10. The van der Waals surface area contributed by atoms with Crippen LogP contribution in [-0.2, 0) is 14.8 Å². The van der Waals surface area contributed by atoms with Crippen LogP contribution in [0.2, 0.25) is 0 Å². The fraction of sp³-hybridized carbons (Fsp3) is 0.333. The van der Waals surface area contributed by atoms with E-state index in [9.17, 15) is 18.0 Å². The van der Waals surface area contributed by atoms with Crippen molar-refractivity contribution in [2.75, 3.05) is 7.11 Å². The van der Waals surface area contributed by atoms with Gasteiger partial charge in [0.05, 0.1) is 18.0 Å². The molecule has 0 fully saturated rings. The maximum atomic E-state index is 12.9. The van der Waals surface area contributed by atoms with Gasteiger partial charge in [-0.2, -0.15) is 4.72 Å². The van der Waals surface area contributed by atoms with Crippen LogP contribution in [0.5, 0.6) is 5.75 Å². The molecule has 0 radical (unpaired) electrons. The summed E-state index contributed by atoms with van der Waals surface area (Å²) in [6.45, 7) is 8.54. The topological polar surface area (TPSA) is 114 Å². The summed E-state index contributed by atoms with van der Waals surface area (Å²) in [6.07, 6.45) is 0. The van der Waals surface area contributed by atoms with Gasteiger partial charge in [-0.1, -0.05) is 6.07 Å². The predicted octanol–water partition coefficient (Wildman–Crippen LogP) is 2.06. The third-order valence-electron chi connectivity index (χ3n) is 4.94. The summed E-state index contributed by atoms with van der Waals surface area (Å²) in [6, 6.07) is 7.13. The number of hydrogen-bond donors (Lipinski definition) is 3. The fourth-order valence-corrected chi connectivity index (χ4v) is 4.79.